The lowest BCUT2D eigenvalue weighted by molar-refractivity contribution is 0.189. The van der Waals surface area contributed by atoms with E-state index in [2.05, 4.69) is 25.3 Å². The fraction of sp³-hybridized carbons (Fsp3) is 0.600. The van der Waals surface area contributed by atoms with Crippen LogP contribution in [0.4, 0.5) is 10.6 Å². The summed E-state index contributed by atoms with van der Waals surface area (Å²) in [6.45, 7) is 5.21. The van der Waals surface area contributed by atoms with Crippen molar-refractivity contribution in [3.8, 4) is 0 Å². The Morgan fingerprint density at radius 2 is 2.17 bits per heavy atom. The number of rotatable bonds is 2. The number of anilines is 1. The maximum absolute atomic E-state index is 11.9. The van der Waals surface area contributed by atoms with E-state index in [-0.39, 0.29) is 12.1 Å². The van der Waals surface area contributed by atoms with Crippen molar-refractivity contribution >= 4 is 22.9 Å². The lowest BCUT2D eigenvalue weighted by atomic mass is 10.0. The third kappa shape index (κ3) is 2.38. The molecule has 1 N–H and O–H groups in total. The lowest BCUT2D eigenvalue weighted by Crippen LogP contribution is -2.49. The van der Waals surface area contributed by atoms with E-state index in [1.165, 1.54) is 0 Å². The Balaban J connectivity index is 1.66. The van der Waals surface area contributed by atoms with Crippen LogP contribution in [0.1, 0.15) is 18.7 Å². The summed E-state index contributed by atoms with van der Waals surface area (Å²) >= 11 is 0. The van der Waals surface area contributed by atoms with Crippen molar-refractivity contribution in [2.24, 2.45) is 7.05 Å². The van der Waals surface area contributed by atoms with E-state index in [1.54, 1.807) is 4.68 Å². The molecule has 0 saturated carbocycles. The number of hydrogen-bond donors (Lipinski definition) is 1. The van der Waals surface area contributed by atoms with E-state index >= 15 is 0 Å². The van der Waals surface area contributed by atoms with E-state index < -0.39 is 0 Å². The predicted octanol–water partition coefficient (Wildman–Crippen LogP) is 0.666. The van der Waals surface area contributed by atoms with Crippen LogP contribution in [0, 0.1) is 6.92 Å². The molecule has 0 aliphatic carbocycles. The Kier molecular flexibility index (Phi) is 3.32. The number of aryl methyl sites for hydroxylation is 2. The molecule has 2 aromatic heterocycles. The van der Waals surface area contributed by atoms with Crippen LogP contribution in [-0.4, -0.2) is 62.9 Å². The highest BCUT2D eigenvalue weighted by Gasteiger charge is 2.32. The minimum Gasteiger partial charge on any atom is -0.354 e. The zero-order valence-electron chi connectivity index (χ0n) is 13.5. The fourth-order valence-electron chi connectivity index (χ4n) is 3.59. The van der Waals surface area contributed by atoms with Crippen LogP contribution in [0.2, 0.25) is 0 Å². The SMILES string of the molecule is Cc1nc(N2CCC[C@H](N3CCNC3=O)C2)c2cnn(C)c2n1. The number of carbonyl (C=O) groups is 1. The van der Waals surface area contributed by atoms with Crippen molar-refractivity contribution < 1.29 is 4.79 Å². The monoisotopic (exact) mass is 315 g/mol. The van der Waals surface area contributed by atoms with Crippen LogP contribution >= 0.6 is 0 Å². The number of nitrogens with one attached hydrogen (secondary N) is 1. The van der Waals surface area contributed by atoms with Gasteiger partial charge in [-0.3, -0.25) is 4.68 Å². The van der Waals surface area contributed by atoms with Gasteiger partial charge < -0.3 is 15.1 Å². The second-order valence-electron chi connectivity index (χ2n) is 6.27. The van der Waals surface area contributed by atoms with Crippen LogP contribution in [-0.2, 0) is 7.05 Å². The van der Waals surface area contributed by atoms with E-state index in [9.17, 15) is 4.79 Å². The number of hydrogen-bond acceptors (Lipinski definition) is 5. The van der Waals surface area contributed by atoms with Crippen molar-refractivity contribution in [3.63, 3.8) is 0 Å². The molecule has 2 aliphatic rings. The highest BCUT2D eigenvalue weighted by molar-refractivity contribution is 5.87. The predicted molar refractivity (Wildman–Crippen MR) is 86.4 cm³/mol. The number of piperidine rings is 1. The fourth-order valence-corrected chi connectivity index (χ4v) is 3.59. The van der Waals surface area contributed by atoms with Crippen LogP contribution in [0.3, 0.4) is 0 Å². The normalized spacial score (nSPS) is 22.0. The molecular formula is C15H21N7O. The molecule has 4 heterocycles. The zero-order valence-corrected chi connectivity index (χ0v) is 13.5. The second-order valence-corrected chi connectivity index (χ2v) is 6.27. The van der Waals surface area contributed by atoms with Gasteiger partial charge in [-0.05, 0) is 19.8 Å². The number of fused-ring (bicyclic) bond motifs is 1. The van der Waals surface area contributed by atoms with Crippen molar-refractivity contribution in [2.45, 2.75) is 25.8 Å². The Hall–Kier alpha value is -2.38. The minimum atomic E-state index is 0.0576. The molecule has 1 atom stereocenters. The first-order valence-electron chi connectivity index (χ1n) is 8.09. The largest absolute Gasteiger partial charge is 0.354 e. The molecule has 2 amide bonds. The highest BCUT2D eigenvalue weighted by Crippen LogP contribution is 2.27. The molecule has 8 heteroatoms. The van der Waals surface area contributed by atoms with Crippen LogP contribution in [0.25, 0.3) is 11.0 Å². The van der Waals surface area contributed by atoms with Gasteiger partial charge in [0.1, 0.15) is 11.6 Å². The molecule has 122 valence electrons. The number of nitrogens with zero attached hydrogens (tertiary/aromatic N) is 6. The first-order chi connectivity index (χ1) is 11.1. The summed E-state index contributed by atoms with van der Waals surface area (Å²) in [5.41, 5.74) is 0.855. The summed E-state index contributed by atoms with van der Waals surface area (Å²) in [5, 5.41) is 8.18. The zero-order chi connectivity index (χ0) is 16.0. The van der Waals surface area contributed by atoms with Gasteiger partial charge >= 0.3 is 6.03 Å². The number of amides is 2. The van der Waals surface area contributed by atoms with E-state index in [4.69, 9.17) is 0 Å². The number of aromatic nitrogens is 4. The molecule has 8 nitrogen and oxygen atoms in total. The molecule has 0 aromatic carbocycles. The van der Waals surface area contributed by atoms with E-state index in [1.807, 2.05) is 25.1 Å². The van der Waals surface area contributed by atoms with Gasteiger partial charge in [-0.1, -0.05) is 0 Å². The van der Waals surface area contributed by atoms with Gasteiger partial charge in [-0.15, -0.1) is 0 Å². The molecule has 2 aromatic rings. The van der Waals surface area contributed by atoms with Crippen molar-refractivity contribution in [2.75, 3.05) is 31.1 Å². The third-order valence-corrected chi connectivity index (χ3v) is 4.71. The summed E-state index contributed by atoms with van der Waals surface area (Å²) in [6.07, 6.45) is 3.93. The smallest absolute Gasteiger partial charge is 0.317 e. The maximum Gasteiger partial charge on any atom is 0.317 e. The van der Waals surface area contributed by atoms with Crippen molar-refractivity contribution in [3.05, 3.63) is 12.0 Å². The molecule has 0 spiro atoms. The number of carbonyl (C=O) groups excluding carboxylic acids is 1. The highest BCUT2D eigenvalue weighted by atomic mass is 16.2. The molecular weight excluding hydrogens is 294 g/mol. The lowest BCUT2D eigenvalue weighted by Gasteiger charge is -2.37. The minimum absolute atomic E-state index is 0.0576. The molecule has 4 rings (SSSR count). The van der Waals surface area contributed by atoms with Crippen LogP contribution in [0.15, 0.2) is 6.20 Å². The average molecular weight is 315 g/mol. The van der Waals surface area contributed by atoms with Gasteiger partial charge in [0.15, 0.2) is 5.65 Å². The van der Waals surface area contributed by atoms with Gasteiger partial charge in [0.05, 0.1) is 17.6 Å². The Morgan fingerprint density at radius 1 is 1.30 bits per heavy atom. The van der Waals surface area contributed by atoms with Crippen molar-refractivity contribution in [1.82, 2.24) is 30.0 Å². The first kappa shape index (κ1) is 14.2. The second kappa shape index (κ2) is 5.36. The molecule has 2 saturated heterocycles. The van der Waals surface area contributed by atoms with Crippen LogP contribution < -0.4 is 10.2 Å². The summed E-state index contributed by atoms with van der Waals surface area (Å²) in [7, 11) is 1.89. The third-order valence-electron chi connectivity index (χ3n) is 4.71. The molecule has 23 heavy (non-hydrogen) atoms. The molecule has 2 aliphatic heterocycles. The molecule has 2 fully saturated rings. The van der Waals surface area contributed by atoms with E-state index in [0.717, 1.165) is 61.7 Å². The van der Waals surface area contributed by atoms with Crippen LogP contribution in [0.5, 0.6) is 0 Å². The molecule has 0 bridgehead atoms. The molecule has 0 radical (unpaired) electrons. The summed E-state index contributed by atoms with van der Waals surface area (Å²) in [4.78, 5) is 25.3. The summed E-state index contributed by atoms with van der Waals surface area (Å²) in [5.74, 6) is 1.68. The number of urea groups is 1. The summed E-state index contributed by atoms with van der Waals surface area (Å²) < 4.78 is 1.78. The maximum atomic E-state index is 11.9. The molecule has 0 unspecified atom stereocenters. The van der Waals surface area contributed by atoms with Gasteiger partial charge in [0.2, 0.25) is 0 Å². The van der Waals surface area contributed by atoms with Gasteiger partial charge in [-0.2, -0.15) is 5.10 Å². The summed E-state index contributed by atoms with van der Waals surface area (Å²) in [6, 6.07) is 0.301. The Morgan fingerprint density at radius 3 is 2.96 bits per heavy atom. The van der Waals surface area contributed by atoms with Gasteiger partial charge in [0.25, 0.3) is 0 Å². The van der Waals surface area contributed by atoms with E-state index in [0.29, 0.717) is 0 Å². The first-order valence-corrected chi connectivity index (χ1v) is 8.09. The average Bonchev–Trinajstić information content (AvgIpc) is 3.13. The van der Waals surface area contributed by atoms with Gasteiger partial charge in [0, 0.05) is 33.2 Å². The van der Waals surface area contributed by atoms with Gasteiger partial charge in [-0.25, -0.2) is 14.8 Å². The Labute approximate surface area is 134 Å². The standard InChI is InChI=1S/C15H21N7O/c1-10-18-13-12(8-17-20(13)2)14(19-10)21-6-3-4-11(9-21)22-7-5-16-15(22)23/h8,11H,3-7,9H2,1-2H3,(H,16,23)/t11-/m0/s1. The quantitative estimate of drug-likeness (QED) is 0.881. The topological polar surface area (TPSA) is 79.2 Å². The Bertz CT molecular complexity index is 756. The van der Waals surface area contributed by atoms with Crippen molar-refractivity contribution in [1.29, 1.82) is 0 Å².